The fourth-order valence-electron chi connectivity index (χ4n) is 1.58. The lowest BCUT2D eigenvalue weighted by molar-refractivity contribution is -0.118. The molecule has 6 heteroatoms. The SMILES string of the molecule is Cn1cc(C(CN)SCC(=O)NC2CC2)cn1. The van der Waals surface area contributed by atoms with E-state index in [4.69, 9.17) is 5.73 Å². The number of hydrogen-bond acceptors (Lipinski definition) is 4. The Morgan fingerprint density at radius 1 is 1.76 bits per heavy atom. The summed E-state index contributed by atoms with van der Waals surface area (Å²) >= 11 is 1.58. The summed E-state index contributed by atoms with van der Waals surface area (Å²) in [5.41, 5.74) is 6.81. The van der Waals surface area contributed by atoms with Crippen LogP contribution in [0.25, 0.3) is 0 Å². The molecule has 1 aliphatic carbocycles. The number of thioether (sulfide) groups is 1. The predicted molar refractivity (Wildman–Crippen MR) is 68.6 cm³/mol. The molecule has 2 rings (SSSR count). The molecule has 94 valence electrons. The van der Waals surface area contributed by atoms with Gasteiger partial charge >= 0.3 is 0 Å². The Balaban J connectivity index is 1.80. The van der Waals surface area contributed by atoms with Crippen LogP contribution in [0.3, 0.4) is 0 Å². The number of aromatic nitrogens is 2. The van der Waals surface area contributed by atoms with E-state index < -0.39 is 0 Å². The number of hydrogen-bond donors (Lipinski definition) is 2. The average Bonchev–Trinajstić information content (AvgIpc) is 3.00. The van der Waals surface area contributed by atoms with Crippen LogP contribution in [0.4, 0.5) is 0 Å². The maximum Gasteiger partial charge on any atom is 0.230 e. The van der Waals surface area contributed by atoms with E-state index in [0.29, 0.717) is 18.3 Å². The van der Waals surface area contributed by atoms with Crippen molar-refractivity contribution in [3.05, 3.63) is 18.0 Å². The van der Waals surface area contributed by atoms with Crippen LogP contribution < -0.4 is 11.1 Å². The molecule has 3 N–H and O–H groups in total. The van der Waals surface area contributed by atoms with Crippen LogP contribution in [-0.2, 0) is 11.8 Å². The standard InChI is InChI=1S/C11H18N4OS/c1-15-6-8(5-13-15)10(4-12)17-7-11(16)14-9-2-3-9/h5-6,9-10H,2-4,7,12H2,1H3,(H,14,16). The third-order valence-corrected chi connectivity index (χ3v) is 3.96. The Hall–Kier alpha value is -1.01. The zero-order valence-corrected chi connectivity index (χ0v) is 10.7. The second-order valence-corrected chi connectivity index (χ2v) is 5.52. The maximum atomic E-state index is 11.6. The van der Waals surface area contributed by atoms with Crippen molar-refractivity contribution in [2.24, 2.45) is 12.8 Å². The summed E-state index contributed by atoms with van der Waals surface area (Å²) in [4.78, 5) is 11.6. The fraction of sp³-hybridized carbons (Fsp3) is 0.636. The molecule has 1 saturated carbocycles. The summed E-state index contributed by atoms with van der Waals surface area (Å²) in [5.74, 6) is 0.576. The van der Waals surface area contributed by atoms with E-state index in [-0.39, 0.29) is 11.2 Å². The molecule has 0 spiro atoms. The van der Waals surface area contributed by atoms with Gasteiger partial charge in [-0.3, -0.25) is 9.48 Å². The van der Waals surface area contributed by atoms with Crippen molar-refractivity contribution in [3.63, 3.8) is 0 Å². The number of carbonyl (C=O) groups excluding carboxylic acids is 1. The normalized spacial score (nSPS) is 16.8. The molecule has 1 atom stereocenters. The Morgan fingerprint density at radius 2 is 2.53 bits per heavy atom. The van der Waals surface area contributed by atoms with E-state index in [0.717, 1.165) is 18.4 Å². The third-order valence-electron chi connectivity index (χ3n) is 2.67. The summed E-state index contributed by atoms with van der Waals surface area (Å²) in [6, 6.07) is 0.429. The van der Waals surface area contributed by atoms with Gasteiger partial charge in [-0.2, -0.15) is 5.10 Å². The second kappa shape index (κ2) is 5.55. The van der Waals surface area contributed by atoms with Crippen LogP contribution in [-0.4, -0.2) is 34.0 Å². The minimum absolute atomic E-state index is 0.111. The highest BCUT2D eigenvalue weighted by Crippen LogP contribution is 2.27. The highest BCUT2D eigenvalue weighted by molar-refractivity contribution is 8.00. The zero-order valence-electron chi connectivity index (χ0n) is 9.93. The van der Waals surface area contributed by atoms with E-state index in [1.165, 1.54) is 0 Å². The van der Waals surface area contributed by atoms with E-state index in [9.17, 15) is 4.79 Å². The van der Waals surface area contributed by atoms with E-state index >= 15 is 0 Å². The van der Waals surface area contributed by atoms with Gasteiger partial charge in [0.2, 0.25) is 5.91 Å². The summed E-state index contributed by atoms with van der Waals surface area (Å²) in [7, 11) is 1.88. The molecule has 5 nitrogen and oxygen atoms in total. The van der Waals surface area contributed by atoms with Gasteiger partial charge in [0, 0.05) is 36.6 Å². The van der Waals surface area contributed by atoms with Crippen molar-refractivity contribution in [2.75, 3.05) is 12.3 Å². The number of carbonyl (C=O) groups is 1. The molecule has 1 amide bonds. The summed E-state index contributed by atoms with van der Waals surface area (Å²) < 4.78 is 1.75. The van der Waals surface area contributed by atoms with Gasteiger partial charge in [0.1, 0.15) is 0 Å². The van der Waals surface area contributed by atoms with Gasteiger partial charge in [0.25, 0.3) is 0 Å². The number of nitrogens with one attached hydrogen (secondary N) is 1. The van der Waals surface area contributed by atoms with Crippen LogP contribution in [0.2, 0.25) is 0 Å². The lowest BCUT2D eigenvalue weighted by Gasteiger charge is -2.12. The molecular weight excluding hydrogens is 236 g/mol. The minimum Gasteiger partial charge on any atom is -0.353 e. The Bertz CT molecular complexity index is 389. The van der Waals surface area contributed by atoms with E-state index in [1.807, 2.05) is 19.4 Å². The predicted octanol–water partition coefficient (Wildman–Crippen LogP) is 0.432. The van der Waals surface area contributed by atoms with Gasteiger partial charge in [-0.05, 0) is 12.8 Å². The lowest BCUT2D eigenvalue weighted by atomic mass is 10.2. The van der Waals surface area contributed by atoms with Crippen LogP contribution in [0.5, 0.6) is 0 Å². The monoisotopic (exact) mass is 254 g/mol. The minimum atomic E-state index is 0.111. The van der Waals surface area contributed by atoms with E-state index in [2.05, 4.69) is 10.4 Å². The summed E-state index contributed by atoms with van der Waals surface area (Å²) in [6.45, 7) is 0.521. The quantitative estimate of drug-likeness (QED) is 0.772. The summed E-state index contributed by atoms with van der Waals surface area (Å²) in [5, 5.41) is 7.23. The average molecular weight is 254 g/mol. The fourth-order valence-corrected chi connectivity index (χ4v) is 2.47. The Morgan fingerprint density at radius 3 is 3.06 bits per heavy atom. The first-order chi connectivity index (χ1) is 8.19. The number of aryl methyl sites for hydroxylation is 1. The molecule has 0 bridgehead atoms. The molecule has 1 aromatic heterocycles. The number of rotatable bonds is 6. The van der Waals surface area contributed by atoms with Crippen LogP contribution in [0, 0.1) is 0 Å². The molecule has 0 aromatic carbocycles. The largest absolute Gasteiger partial charge is 0.353 e. The first-order valence-electron chi connectivity index (χ1n) is 5.78. The van der Waals surface area contributed by atoms with Crippen LogP contribution in [0.1, 0.15) is 23.7 Å². The molecule has 0 radical (unpaired) electrons. The lowest BCUT2D eigenvalue weighted by Crippen LogP contribution is -2.27. The van der Waals surface area contributed by atoms with Gasteiger partial charge in [-0.1, -0.05) is 0 Å². The first kappa shape index (κ1) is 12.4. The van der Waals surface area contributed by atoms with Crippen LogP contribution >= 0.6 is 11.8 Å². The highest BCUT2D eigenvalue weighted by Gasteiger charge is 2.23. The van der Waals surface area contributed by atoms with Crippen LogP contribution in [0.15, 0.2) is 12.4 Å². The van der Waals surface area contributed by atoms with Crippen molar-refractivity contribution in [3.8, 4) is 0 Å². The topological polar surface area (TPSA) is 72.9 Å². The van der Waals surface area contributed by atoms with Crippen molar-refractivity contribution in [1.82, 2.24) is 15.1 Å². The highest BCUT2D eigenvalue weighted by atomic mass is 32.2. The molecule has 0 aliphatic heterocycles. The van der Waals surface area contributed by atoms with Crippen molar-refractivity contribution in [2.45, 2.75) is 24.1 Å². The van der Waals surface area contributed by atoms with Gasteiger partial charge < -0.3 is 11.1 Å². The Labute approximate surface area is 105 Å². The number of nitrogens with two attached hydrogens (primary N) is 1. The van der Waals surface area contributed by atoms with Gasteiger partial charge in [0.05, 0.1) is 11.9 Å². The smallest absolute Gasteiger partial charge is 0.230 e. The summed E-state index contributed by atoms with van der Waals surface area (Å²) in [6.07, 6.45) is 6.01. The van der Waals surface area contributed by atoms with Crippen molar-refractivity contribution < 1.29 is 4.79 Å². The molecule has 1 aromatic rings. The molecule has 1 aliphatic rings. The molecular formula is C11H18N4OS. The first-order valence-corrected chi connectivity index (χ1v) is 6.83. The number of nitrogens with zero attached hydrogens (tertiary/aromatic N) is 2. The zero-order chi connectivity index (χ0) is 12.3. The molecule has 0 saturated heterocycles. The van der Waals surface area contributed by atoms with Crippen molar-refractivity contribution in [1.29, 1.82) is 0 Å². The Kier molecular flexibility index (Phi) is 4.06. The molecule has 1 heterocycles. The van der Waals surface area contributed by atoms with Crippen molar-refractivity contribution >= 4 is 17.7 Å². The number of amides is 1. The molecule has 17 heavy (non-hydrogen) atoms. The molecule has 1 fully saturated rings. The second-order valence-electron chi connectivity index (χ2n) is 4.32. The van der Waals surface area contributed by atoms with E-state index in [1.54, 1.807) is 16.4 Å². The third kappa shape index (κ3) is 3.74. The van der Waals surface area contributed by atoms with Gasteiger partial charge in [-0.25, -0.2) is 0 Å². The molecule has 1 unspecified atom stereocenters. The maximum absolute atomic E-state index is 11.6. The van der Waals surface area contributed by atoms with Gasteiger partial charge in [0.15, 0.2) is 0 Å². The van der Waals surface area contributed by atoms with Gasteiger partial charge in [-0.15, -0.1) is 11.8 Å².